The summed E-state index contributed by atoms with van der Waals surface area (Å²) < 4.78 is 24.8. The second-order valence-electron chi connectivity index (χ2n) is 15.7. The molecule has 2 aliphatic carbocycles. The third kappa shape index (κ3) is 7.53. The first-order chi connectivity index (χ1) is 24.2. The number of carbonyl (C=O) groups is 3. The number of nitrogens with one attached hydrogen (secondary N) is 1. The van der Waals surface area contributed by atoms with E-state index in [2.05, 4.69) is 30.3 Å². The largest absolute Gasteiger partial charge is 0.489 e. The van der Waals surface area contributed by atoms with Crippen LogP contribution in [-0.4, -0.2) is 96.9 Å². The highest BCUT2D eigenvalue weighted by Gasteiger charge is 2.50. The lowest BCUT2D eigenvalue weighted by Gasteiger charge is -2.41. The molecule has 11 nitrogen and oxygen atoms in total. The number of amides is 2. The van der Waals surface area contributed by atoms with Crippen molar-refractivity contribution in [2.45, 2.75) is 127 Å². The van der Waals surface area contributed by atoms with Crippen molar-refractivity contribution in [1.82, 2.24) is 20.1 Å². The first-order valence-electron chi connectivity index (χ1n) is 19.0. The van der Waals surface area contributed by atoms with Gasteiger partial charge in [-0.25, -0.2) is 14.6 Å². The topological polar surface area (TPSA) is 120 Å². The number of hydrogen-bond acceptors (Lipinski definition) is 9. The van der Waals surface area contributed by atoms with Crippen LogP contribution in [0.5, 0.6) is 11.6 Å². The fourth-order valence-electron chi connectivity index (χ4n) is 8.76. The van der Waals surface area contributed by atoms with Gasteiger partial charge in [0.05, 0.1) is 24.7 Å². The Morgan fingerprint density at radius 2 is 1.74 bits per heavy atom. The maximum atomic E-state index is 14.6. The number of ether oxygens (including phenoxy) is 4. The Kier molecular flexibility index (Phi) is 10.4. The van der Waals surface area contributed by atoms with Crippen LogP contribution in [0.15, 0.2) is 24.3 Å². The Hall–Kier alpha value is -3.60. The van der Waals surface area contributed by atoms with Gasteiger partial charge >= 0.3 is 12.1 Å². The summed E-state index contributed by atoms with van der Waals surface area (Å²) in [5.41, 5.74) is 1.28. The number of carbonyl (C=O) groups excluding carboxylic acids is 3. The van der Waals surface area contributed by atoms with Crippen molar-refractivity contribution in [3.8, 4) is 11.6 Å². The van der Waals surface area contributed by atoms with Gasteiger partial charge in [-0.05, 0) is 81.9 Å². The van der Waals surface area contributed by atoms with E-state index >= 15 is 0 Å². The number of rotatable bonds is 4. The molecule has 50 heavy (non-hydrogen) atoms. The third-order valence-corrected chi connectivity index (χ3v) is 12.0. The van der Waals surface area contributed by atoms with E-state index in [9.17, 15) is 14.4 Å². The lowest BCUT2D eigenvalue weighted by Crippen LogP contribution is -2.58. The van der Waals surface area contributed by atoms with Crippen LogP contribution < -0.4 is 14.8 Å². The number of benzene rings is 1. The number of hydrogen-bond donors (Lipinski definition) is 1. The summed E-state index contributed by atoms with van der Waals surface area (Å²) in [6, 6.07) is 6.38. The lowest BCUT2D eigenvalue weighted by molar-refractivity contribution is -0.153. The highest BCUT2D eigenvalue weighted by atomic mass is 16.6. The zero-order valence-corrected chi connectivity index (χ0v) is 30.0. The van der Waals surface area contributed by atoms with Gasteiger partial charge in [0.2, 0.25) is 11.8 Å². The third-order valence-electron chi connectivity index (χ3n) is 12.0. The standard InChI is InChI=1S/C39H54N4O7/c1-39(18-10-5-11-19-39)34-36(44)43-24-27(23-31(43)37(45)47-3)49-35-29(14-7-4-6-12-25-22-32(25)50-38(46)41-34)33(28-13-8-9-15-30(28)40-35)48-26-16-20-42(2)21-17-26/h8-9,13,15,25-27,31-32,34H,4-7,10-12,14,16-24H2,1-3H3,(H,41,46). The number of aromatic nitrogens is 1. The predicted molar refractivity (Wildman–Crippen MR) is 188 cm³/mol. The van der Waals surface area contributed by atoms with Crippen molar-refractivity contribution in [1.29, 1.82) is 0 Å². The molecule has 2 bridgehead atoms. The Bertz CT molecular complexity index is 1550. The number of methoxy groups -OCH3 is 1. The quantitative estimate of drug-likeness (QED) is 0.397. The fourth-order valence-corrected chi connectivity index (χ4v) is 8.76. The molecule has 4 fully saturated rings. The van der Waals surface area contributed by atoms with E-state index in [0.29, 0.717) is 11.8 Å². The molecule has 3 aliphatic heterocycles. The van der Waals surface area contributed by atoms with Crippen molar-refractivity contribution >= 4 is 28.9 Å². The molecule has 1 aromatic carbocycles. The van der Waals surface area contributed by atoms with Gasteiger partial charge in [-0.15, -0.1) is 0 Å². The molecule has 11 heteroatoms. The number of pyridine rings is 1. The van der Waals surface area contributed by atoms with E-state index < -0.39 is 35.7 Å². The van der Waals surface area contributed by atoms with Gasteiger partial charge in [0, 0.05) is 24.9 Å². The molecule has 2 saturated heterocycles. The monoisotopic (exact) mass is 690 g/mol. The smallest absolute Gasteiger partial charge is 0.408 e. The molecule has 1 N–H and O–H groups in total. The molecule has 0 spiro atoms. The van der Waals surface area contributed by atoms with Gasteiger partial charge < -0.3 is 34.1 Å². The average molecular weight is 691 g/mol. The molecule has 5 aliphatic rings. The first kappa shape index (κ1) is 34.8. The minimum Gasteiger partial charge on any atom is -0.489 e. The number of alkyl carbamates (subject to hydrolysis) is 1. The number of para-hydroxylation sites is 1. The van der Waals surface area contributed by atoms with Gasteiger partial charge in [0.1, 0.15) is 36.1 Å². The maximum absolute atomic E-state index is 14.6. The Morgan fingerprint density at radius 3 is 2.52 bits per heavy atom. The molecule has 0 radical (unpaired) electrons. The van der Waals surface area contributed by atoms with Crippen molar-refractivity contribution in [3.63, 3.8) is 0 Å². The van der Waals surface area contributed by atoms with Crippen molar-refractivity contribution in [3.05, 3.63) is 29.8 Å². The molecule has 5 unspecified atom stereocenters. The van der Waals surface area contributed by atoms with E-state index in [4.69, 9.17) is 23.9 Å². The van der Waals surface area contributed by atoms with Crippen LogP contribution in [0.25, 0.3) is 10.9 Å². The zero-order chi connectivity index (χ0) is 34.8. The summed E-state index contributed by atoms with van der Waals surface area (Å²) >= 11 is 0. The van der Waals surface area contributed by atoms with Crippen LogP contribution in [0.2, 0.25) is 0 Å². The lowest BCUT2D eigenvalue weighted by atomic mass is 9.70. The molecule has 5 atom stereocenters. The van der Waals surface area contributed by atoms with Crippen molar-refractivity contribution in [2.24, 2.45) is 11.3 Å². The summed E-state index contributed by atoms with van der Waals surface area (Å²) in [7, 11) is 3.49. The second-order valence-corrected chi connectivity index (χ2v) is 15.7. The molecule has 272 valence electrons. The van der Waals surface area contributed by atoms with Crippen molar-refractivity contribution < 1.29 is 33.3 Å². The molecule has 1 aromatic heterocycles. The van der Waals surface area contributed by atoms with Crippen molar-refractivity contribution in [2.75, 3.05) is 33.8 Å². The fraction of sp³-hybridized carbons (Fsp3) is 0.692. The number of piperidine rings is 1. The minimum atomic E-state index is -0.848. The highest BCUT2D eigenvalue weighted by Crippen LogP contribution is 2.43. The Morgan fingerprint density at radius 1 is 0.980 bits per heavy atom. The van der Waals surface area contributed by atoms with Crippen LogP contribution in [0, 0.1) is 11.3 Å². The maximum Gasteiger partial charge on any atom is 0.408 e. The molecular formula is C39H54N4O7. The van der Waals surface area contributed by atoms with Gasteiger partial charge in [0.25, 0.3) is 0 Å². The first-order valence-corrected chi connectivity index (χ1v) is 19.0. The summed E-state index contributed by atoms with van der Waals surface area (Å²) in [5, 5.41) is 3.98. The summed E-state index contributed by atoms with van der Waals surface area (Å²) in [6.07, 6.45) is 11.3. The highest BCUT2D eigenvalue weighted by molar-refractivity contribution is 5.91. The number of fused-ring (bicyclic) bond motifs is 5. The molecule has 2 saturated carbocycles. The molecule has 2 aromatic rings. The minimum absolute atomic E-state index is 0.0949. The second kappa shape index (κ2) is 14.9. The van der Waals surface area contributed by atoms with Crippen LogP contribution in [0.3, 0.4) is 0 Å². The van der Waals surface area contributed by atoms with Crippen LogP contribution in [0.4, 0.5) is 4.79 Å². The average Bonchev–Trinajstić information content (AvgIpc) is 3.71. The molecule has 4 heterocycles. The van der Waals surface area contributed by atoms with E-state index in [-0.39, 0.29) is 31.1 Å². The number of esters is 1. The molecule has 7 rings (SSSR count). The summed E-state index contributed by atoms with van der Waals surface area (Å²) in [4.78, 5) is 50.2. The summed E-state index contributed by atoms with van der Waals surface area (Å²) in [6.45, 7) is 4.22. The van der Waals surface area contributed by atoms with E-state index in [1.54, 1.807) is 4.90 Å². The summed E-state index contributed by atoms with van der Waals surface area (Å²) in [5.74, 6) is 0.902. The number of likely N-dealkylation sites (tertiary alicyclic amines) is 1. The normalized spacial score (nSPS) is 29.7. The van der Waals surface area contributed by atoms with Crippen LogP contribution in [-0.2, 0) is 25.5 Å². The van der Waals surface area contributed by atoms with Crippen LogP contribution in [0.1, 0.15) is 96.0 Å². The zero-order valence-electron chi connectivity index (χ0n) is 30.0. The SMILES string of the molecule is COC(=O)C1CC2CN1C(=O)C(C1(C)CCCCC1)NC(=O)OC1CC1CCCCCc1c(nc3ccccc3c1OC1CCN(C)CC1)O2. The van der Waals surface area contributed by atoms with Gasteiger partial charge in [-0.2, -0.15) is 0 Å². The Balaban J connectivity index is 1.25. The van der Waals surface area contributed by atoms with Gasteiger partial charge in [0.15, 0.2) is 0 Å². The van der Waals surface area contributed by atoms with E-state index in [1.807, 2.05) is 18.2 Å². The predicted octanol–water partition coefficient (Wildman–Crippen LogP) is 5.80. The molecular weight excluding hydrogens is 636 g/mol. The molecule has 2 amide bonds. The van der Waals surface area contributed by atoms with Crippen LogP contribution >= 0.6 is 0 Å². The number of nitrogens with zero attached hydrogens (tertiary/aromatic N) is 3. The van der Waals surface area contributed by atoms with E-state index in [0.717, 1.165) is 119 Å². The Labute approximate surface area is 295 Å². The van der Waals surface area contributed by atoms with Gasteiger partial charge in [-0.3, -0.25) is 4.79 Å². The van der Waals surface area contributed by atoms with E-state index in [1.165, 1.54) is 7.11 Å². The van der Waals surface area contributed by atoms with Gasteiger partial charge in [-0.1, -0.05) is 51.2 Å².